The van der Waals surface area contributed by atoms with Crippen molar-refractivity contribution in [3.63, 3.8) is 0 Å². The molecule has 29 heavy (non-hydrogen) atoms. The smallest absolute Gasteiger partial charge is 0.258 e. The number of nitrogens with one attached hydrogen (secondary N) is 1. The Bertz CT molecular complexity index is 890. The summed E-state index contributed by atoms with van der Waals surface area (Å²) in [6, 6.07) is 16.2. The van der Waals surface area contributed by atoms with Crippen LogP contribution in [0.2, 0.25) is 0 Å². The maximum atomic E-state index is 12.7. The monoisotopic (exact) mass is 416 g/mol. The number of carbonyl (C=O) groups excluding carboxylic acids is 1. The van der Waals surface area contributed by atoms with Crippen LogP contribution in [0.1, 0.15) is 31.7 Å². The van der Waals surface area contributed by atoms with Gasteiger partial charge in [-0.25, -0.2) is 8.42 Å². The Morgan fingerprint density at radius 2 is 1.72 bits per heavy atom. The third-order valence-corrected chi connectivity index (χ3v) is 6.94. The van der Waals surface area contributed by atoms with Crippen molar-refractivity contribution in [1.29, 1.82) is 0 Å². The van der Waals surface area contributed by atoms with Crippen molar-refractivity contribution in [1.82, 2.24) is 9.62 Å². The van der Waals surface area contributed by atoms with Crippen molar-refractivity contribution in [3.05, 3.63) is 60.2 Å². The zero-order valence-electron chi connectivity index (χ0n) is 16.7. The van der Waals surface area contributed by atoms with Crippen molar-refractivity contribution in [2.75, 3.05) is 19.7 Å². The Morgan fingerprint density at radius 1 is 1.07 bits per heavy atom. The Kier molecular flexibility index (Phi) is 7.28. The van der Waals surface area contributed by atoms with Gasteiger partial charge in [0.25, 0.3) is 5.91 Å². The zero-order chi connectivity index (χ0) is 20.7. The van der Waals surface area contributed by atoms with E-state index in [9.17, 15) is 13.2 Å². The van der Waals surface area contributed by atoms with Crippen LogP contribution in [0.15, 0.2) is 59.5 Å². The molecule has 6 nitrogen and oxygen atoms in total. The van der Waals surface area contributed by atoms with Gasteiger partial charge in [-0.15, -0.1) is 0 Å². The van der Waals surface area contributed by atoms with Crippen LogP contribution in [0.3, 0.4) is 0 Å². The van der Waals surface area contributed by atoms with Crippen LogP contribution < -0.4 is 10.1 Å². The van der Waals surface area contributed by atoms with Crippen LogP contribution in [0, 0.1) is 0 Å². The van der Waals surface area contributed by atoms with Crippen molar-refractivity contribution >= 4 is 15.9 Å². The summed E-state index contributed by atoms with van der Waals surface area (Å²) in [6.07, 6.45) is 3.29. The SMILES string of the molecule is CCCc1ccc(OCC(=O)NC2CCN(S(=O)(=O)c3ccccc3)CC2)cc1. The van der Waals surface area contributed by atoms with Crippen LogP contribution in [-0.4, -0.2) is 44.4 Å². The third-order valence-electron chi connectivity index (χ3n) is 5.03. The number of hydrogen-bond acceptors (Lipinski definition) is 4. The number of benzene rings is 2. The predicted octanol–water partition coefficient (Wildman–Crippen LogP) is 2.99. The molecule has 1 saturated heterocycles. The molecule has 0 aliphatic carbocycles. The van der Waals surface area contributed by atoms with Gasteiger partial charge in [-0.2, -0.15) is 4.31 Å². The lowest BCUT2D eigenvalue weighted by Crippen LogP contribution is -2.47. The molecule has 156 valence electrons. The highest BCUT2D eigenvalue weighted by atomic mass is 32.2. The molecule has 2 aromatic carbocycles. The molecule has 1 heterocycles. The number of hydrogen-bond donors (Lipinski definition) is 1. The van der Waals surface area contributed by atoms with Gasteiger partial charge in [0.05, 0.1) is 4.90 Å². The molecule has 0 bridgehead atoms. The largest absolute Gasteiger partial charge is 0.484 e. The quantitative estimate of drug-likeness (QED) is 0.718. The first-order chi connectivity index (χ1) is 14.0. The van der Waals surface area contributed by atoms with Crippen LogP contribution in [0.5, 0.6) is 5.75 Å². The first-order valence-corrected chi connectivity index (χ1v) is 11.5. The van der Waals surface area contributed by atoms with Gasteiger partial charge in [-0.3, -0.25) is 4.79 Å². The molecule has 1 fully saturated rings. The highest BCUT2D eigenvalue weighted by Gasteiger charge is 2.29. The molecule has 0 saturated carbocycles. The highest BCUT2D eigenvalue weighted by molar-refractivity contribution is 7.89. The van der Waals surface area contributed by atoms with Crippen LogP contribution in [0.4, 0.5) is 0 Å². The number of sulfonamides is 1. The molecular weight excluding hydrogens is 388 g/mol. The summed E-state index contributed by atoms with van der Waals surface area (Å²) in [5, 5.41) is 2.95. The van der Waals surface area contributed by atoms with Crippen LogP contribution >= 0.6 is 0 Å². The van der Waals surface area contributed by atoms with Crippen molar-refractivity contribution in [3.8, 4) is 5.75 Å². The summed E-state index contributed by atoms with van der Waals surface area (Å²) in [7, 11) is -3.47. The fourth-order valence-corrected chi connectivity index (χ4v) is 4.93. The average Bonchev–Trinajstić information content (AvgIpc) is 2.74. The van der Waals surface area contributed by atoms with Crippen LogP contribution in [0.25, 0.3) is 0 Å². The second-order valence-corrected chi connectivity index (χ2v) is 9.18. The van der Waals surface area contributed by atoms with Gasteiger partial charge in [0.2, 0.25) is 10.0 Å². The summed E-state index contributed by atoms with van der Waals surface area (Å²) >= 11 is 0. The van der Waals surface area contributed by atoms with Crippen LogP contribution in [-0.2, 0) is 21.2 Å². The van der Waals surface area contributed by atoms with Gasteiger partial charge in [0, 0.05) is 19.1 Å². The Balaban J connectivity index is 1.44. The minimum Gasteiger partial charge on any atom is -0.484 e. The van der Waals surface area contributed by atoms with Gasteiger partial charge in [0.15, 0.2) is 6.61 Å². The van der Waals surface area contributed by atoms with Gasteiger partial charge >= 0.3 is 0 Å². The molecule has 1 aliphatic rings. The third kappa shape index (κ3) is 5.81. The number of amides is 1. The molecule has 1 aliphatic heterocycles. The molecular formula is C22H28N2O4S. The van der Waals surface area contributed by atoms with E-state index in [2.05, 4.69) is 12.2 Å². The molecule has 0 atom stereocenters. The molecule has 3 rings (SSSR count). The topological polar surface area (TPSA) is 75.7 Å². The second kappa shape index (κ2) is 9.89. The molecule has 0 radical (unpaired) electrons. The number of ether oxygens (including phenoxy) is 1. The fraction of sp³-hybridized carbons (Fsp3) is 0.409. The first kappa shape index (κ1) is 21.3. The number of nitrogens with zero attached hydrogens (tertiary/aromatic N) is 1. The van der Waals surface area contributed by atoms with E-state index in [1.165, 1.54) is 9.87 Å². The van der Waals surface area contributed by atoms with E-state index < -0.39 is 10.0 Å². The van der Waals surface area contributed by atoms with Gasteiger partial charge < -0.3 is 10.1 Å². The normalized spacial score (nSPS) is 15.8. The van der Waals surface area contributed by atoms with Crippen molar-refractivity contribution < 1.29 is 17.9 Å². The Labute approximate surface area is 172 Å². The summed E-state index contributed by atoms with van der Waals surface area (Å²) in [5.41, 5.74) is 1.25. The maximum absolute atomic E-state index is 12.7. The maximum Gasteiger partial charge on any atom is 0.258 e. The second-order valence-electron chi connectivity index (χ2n) is 7.24. The van der Waals surface area contributed by atoms with E-state index in [1.807, 2.05) is 24.3 Å². The fourth-order valence-electron chi connectivity index (χ4n) is 3.44. The molecule has 1 N–H and O–H groups in total. The molecule has 0 unspecified atom stereocenters. The lowest BCUT2D eigenvalue weighted by Gasteiger charge is -2.31. The summed E-state index contributed by atoms with van der Waals surface area (Å²) in [5.74, 6) is 0.482. The van der Waals surface area contributed by atoms with E-state index in [0.29, 0.717) is 36.6 Å². The number of aryl methyl sites for hydroxylation is 1. The Hall–Kier alpha value is -2.38. The average molecular weight is 417 g/mol. The molecule has 7 heteroatoms. The zero-order valence-corrected chi connectivity index (χ0v) is 17.5. The summed E-state index contributed by atoms with van der Waals surface area (Å²) in [4.78, 5) is 12.5. The molecule has 0 spiro atoms. The minimum absolute atomic E-state index is 0.0414. The molecule has 0 aromatic heterocycles. The molecule has 2 aromatic rings. The lowest BCUT2D eigenvalue weighted by molar-refractivity contribution is -0.124. The van der Waals surface area contributed by atoms with E-state index in [-0.39, 0.29) is 18.6 Å². The first-order valence-electron chi connectivity index (χ1n) is 10.1. The summed E-state index contributed by atoms with van der Waals surface area (Å²) < 4.78 is 32.4. The summed E-state index contributed by atoms with van der Waals surface area (Å²) in [6.45, 7) is 2.87. The highest BCUT2D eigenvalue weighted by Crippen LogP contribution is 2.20. The van der Waals surface area contributed by atoms with Crippen molar-refractivity contribution in [2.24, 2.45) is 0 Å². The minimum atomic E-state index is -3.47. The number of carbonyl (C=O) groups is 1. The van der Waals surface area contributed by atoms with Crippen molar-refractivity contribution in [2.45, 2.75) is 43.5 Å². The number of rotatable bonds is 8. The lowest BCUT2D eigenvalue weighted by atomic mass is 10.1. The van der Waals surface area contributed by atoms with E-state index in [4.69, 9.17) is 4.74 Å². The van der Waals surface area contributed by atoms with Gasteiger partial charge in [-0.1, -0.05) is 43.7 Å². The van der Waals surface area contributed by atoms with Gasteiger partial charge in [-0.05, 0) is 49.1 Å². The standard InChI is InChI=1S/C22H28N2O4S/c1-2-6-18-9-11-20(12-10-18)28-17-22(25)23-19-13-15-24(16-14-19)29(26,27)21-7-4-3-5-8-21/h3-5,7-12,19H,2,6,13-17H2,1H3,(H,23,25). The van der Waals surface area contributed by atoms with E-state index in [0.717, 1.165) is 12.8 Å². The van der Waals surface area contributed by atoms with E-state index in [1.54, 1.807) is 30.3 Å². The number of piperidine rings is 1. The van der Waals surface area contributed by atoms with Gasteiger partial charge in [0.1, 0.15) is 5.75 Å². The Morgan fingerprint density at radius 3 is 2.34 bits per heavy atom. The molecule has 1 amide bonds. The van der Waals surface area contributed by atoms with E-state index >= 15 is 0 Å². The predicted molar refractivity (Wildman–Crippen MR) is 112 cm³/mol.